The lowest BCUT2D eigenvalue weighted by atomic mass is 9.94. The van der Waals surface area contributed by atoms with Crippen molar-refractivity contribution in [3.8, 4) is 11.5 Å². The Labute approximate surface area is 237 Å². The van der Waals surface area contributed by atoms with Gasteiger partial charge < -0.3 is 19.1 Å². The van der Waals surface area contributed by atoms with E-state index in [-0.39, 0.29) is 11.7 Å². The highest BCUT2D eigenvalue weighted by Gasteiger charge is 2.35. The van der Waals surface area contributed by atoms with Gasteiger partial charge in [0.25, 0.3) is 5.56 Å². The number of fused-ring (bicyclic) bond motifs is 1. The Hall–Kier alpha value is -3.85. The van der Waals surface area contributed by atoms with Crippen LogP contribution in [0.4, 0.5) is 5.69 Å². The third kappa shape index (κ3) is 5.18. The zero-order valence-electron chi connectivity index (χ0n) is 23.8. The number of benzene rings is 2. The van der Waals surface area contributed by atoms with Crippen molar-refractivity contribution in [2.24, 2.45) is 4.99 Å². The summed E-state index contributed by atoms with van der Waals surface area (Å²) in [7, 11) is 3.13. The molecule has 8 nitrogen and oxygen atoms in total. The van der Waals surface area contributed by atoms with E-state index < -0.39 is 12.0 Å². The molecule has 2 aromatic carbocycles. The molecule has 9 heteroatoms. The van der Waals surface area contributed by atoms with Crippen molar-refractivity contribution in [2.45, 2.75) is 52.7 Å². The second-order valence-electron chi connectivity index (χ2n) is 10.4. The summed E-state index contributed by atoms with van der Waals surface area (Å²) < 4.78 is 18.9. The van der Waals surface area contributed by atoms with Crippen LogP contribution < -0.4 is 29.3 Å². The minimum atomic E-state index is -0.797. The van der Waals surface area contributed by atoms with E-state index >= 15 is 0 Å². The number of carbonyl (C=O) groups is 1. The van der Waals surface area contributed by atoms with Crippen molar-refractivity contribution < 1.29 is 19.0 Å². The standard InChI is InChI=1S/C31H35N3O5S/c1-18(2)39-30(36)27-20(4)32-31-34(28(27)23-17-22(37-5)10-12-25(23)38-6)29(35)26(40-31)16-21-9-11-24(19(3)15-21)33-13-7-8-14-33/h9-12,15-18,28H,7-8,13-14H2,1-6H3/b26-16-/t28-/m1/s1. The largest absolute Gasteiger partial charge is 0.497 e. The van der Waals surface area contributed by atoms with Crippen molar-refractivity contribution >= 4 is 29.1 Å². The Balaban J connectivity index is 1.68. The number of carbonyl (C=O) groups excluding carboxylic acids is 1. The van der Waals surface area contributed by atoms with Crippen LogP contribution in [0, 0.1) is 6.92 Å². The molecule has 40 heavy (non-hydrogen) atoms. The molecule has 0 amide bonds. The number of rotatable bonds is 7. The molecule has 2 aliphatic heterocycles. The summed E-state index contributed by atoms with van der Waals surface area (Å²) in [4.78, 5) is 35.1. The molecule has 1 fully saturated rings. The van der Waals surface area contributed by atoms with E-state index in [9.17, 15) is 9.59 Å². The average Bonchev–Trinajstić information content (AvgIpc) is 3.55. The van der Waals surface area contributed by atoms with Crippen LogP contribution in [0.5, 0.6) is 11.5 Å². The maximum Gasteiger partial charge on any atom is 0.338 e. The lowest BCUT2D eigenvalue weighted by Crippen LogP contribution is -2.40. The molecule has 1 aromatic heterocycles. The molecule has 0 aliphatic carbocycles. The molecule has 3 aromatic rings. The Bertz CT molecular complexity index is 1660. The number of aryl methyl sites for hydroxylation is 1. The Kier molecular flexibility index (Phi) is 7.85. The van der Waals surface area contributed by atoms with Crippen molar-refractivity contribution in [2.75, 3.05) is 32.2 Å². The van der Waals surface area contributed by atoms with Gasteiger partial charge in [-0.15, -0.1) is 0 Å². The summed E-state index contributed by atoms with van der Waals surface area (Å²) in [6.45, 7) is 9.62. The first-order valence-corrected chi connectivity index (χ1v) is 14.3. The first-order chi connectivity index (χ1) is 19.2. The predicted octanol–water partition coefficient (Wildman–Crippen LogP) is 4.11. The van der Waals surface area contributed by atoms with Gasteiger partial charge in [0.2, 0.25) is 0 Å². The number of hydrogen-bond donors (Lipinski definition) is 0. The molecule has 5 rings (SSSR count). The van der Waals surface area contributed by atoms with Crippen molar-refractivity contribution in [1.82, 2.24) is 4.57 Å². The van der Waals surface area contributed by atoms with E-state index in [1.165, 1.54) is 35.4 Å². The number of ether oxygens (including phenoxy) is 3. The topological polar surface area (TPSA) is 82.4 Å². The Morgan fingerprint density at radius 1 is 1.07 bits per heavy atom. The summed E-state index contributed by atoms with van der Waals surface area (Å²) in [5, 5.41) is 0. The van der Waals surface area contributed by atoms with Gasteiger partial charge in [0.15, 0.2) is 4.80 Å². The van der Waals surface area contributed by atoms with Gasteiger partial charge in [0, 0.05) is 24.3 Å². The van der Waals surface area contributed by atoms with Crippen molar-refractivity contribution in [3.05, 3.63) is 84.0 Å². The van der Waals surface area contributed by atoms with Crippen LogP contribution in [0.1, 0.15) is 56.3 Å². The van der Waals surface area contributed by atoms with Gasteiger partial charge in [-0.25, -0.2) is 9.79 Å². The normalized spacial score (nSPS) is 17.2. The molecular formula is C31H35N3O5S. The SMILES string of the molecule is COc1ccc(OC)c([C@@H]2C(C(=O)OC(C)C)=C(C)N=c3s/c(=C\c4ccc(N5CCCC5)c(C)c4)c(=O)n32)c1. The predicted molar refractivity (Wildman–Crippen MR) is 157 cm³/mol. The lowest BCUT2D eigenvalue weighted by molar-refractivity contribution is -0.143. The molecule has 0 saturated carbocycles. The highest BCUT2D eigenvalue weighted by atomic mass is 32.1. The minimum absolute atomic E-state index is 0.234. The zero-order chi connectivity index (χ0) is 28.6. The summed E-state index contributed by atoms with van der Waals surface area (Å²) in [6.07, 6.45) is 3.99. The van der Waals surface area contributed by atoms with Crippen LogP contribution in [0.25, 0.3) is 6.08 Å². The van der Waals surface area contributed by atoms with Gasteiger partial charge in [-0.2, -0.15) is 0 Å². The number of allylic oxidation sites excluding steroid dienone is 1. The van der Waals surface area contributed by atoms with Gasteiger partial charge in [-0.05, 0) is 88.1 Å². The van der Waals surface area contributed by atoms with Crippen LogP contribution >= 0.6 is 11.3 Å². The number of esters is 1. The highest BCUT2D eigenvalue weighted by molar-refractivity contribution is 7.07. The Morgan fingerprint density at radius 2 is 1.82 bits per heavy atom. The van der Waals surface area contributed by atoms with Gasteiger partial charge in [0.05, 0.1) is 36.1 Å². The maximum absolute atomic E-state index is 14.0. The first kappa shape index (κ1) is 27.7. The van der Waals surface area contributed by atoms with Gasteiger partial charge in [-0.3, -0.25) is 9.36 Å². The molecule has 0 radical (unpaired) electrons. The van der Waals surface area contributed by atoms with Crippen molar-refractivity contribution in [3.63, 3.8) is 0 Å². The first-order valence-electron chi connectivity index (χ1n) is 13.5. The molecule has 0 bridgehead atoms. The molecule has 0 unspecified atom stereocenters. The fourth-order valence-corrected chi connectivity index (χ4v) is 6.49. The van der Waals surface area contributed by atoms with Crippen LogP contribution in [-0.2, 0) is 9.53 Å². The van der Waals surface area contributed by atoms with E-state index in [1.54, 1.807) is 57.8 Å². The molecule has 2 aliphatic rings. The maximum atomic E-state index is 14.0. The number of thiazole rings is 1. The van der Waals surface area contributed by atoms with Gasteiger partial charge in [0.1, 0.15) is 17.5 Å². The average molecular weight is 562 g/mol. The summed E-state index contributed by atoms with van der Waals surface area (Å²) in [5.41, 5.74) is 4.54. The summed E-state index contributed by atoms with van der Waals surface area (Å²) in [5.74, 6) is 0.587. The van der Waals surface area contributed by atoms with Gasteiger partial charge >= 0.3 is 5.97 Å². The Morgan fingerprint density at radius 3 is 2.48 bits per heavy atom. The quantitative estimate of drug-likeness (QED) is 0.404. The molecule has 0 spiro atoms. The van der Waals surface area contributed by atoms with E-state index in [1.807, 2.05) is 6.08 Å². The molecule has 0 N–H and O–H groups in total. The number of anilines is 1. The van der Waals surface area contributed by atoms with Crippen molar-refractivity contribution in [1.29, 1.82) is 0 Å². The highest BCUT2D eigenvalue weighted by Crippen LogP contribution is 2.38. The molecule has 3 heterocycles. The van der Waals surface area contributed by atoms with E-state index in [2.05, 4.69) is 30.0 Å². The lowest BCUT2D eigenvalue weighted by Gasteiger charge is -2.26. The fraction of sp³-hybridized carbons (Fsp3) is 0.387. The summed E-state index contributed by atoms with van der Waals surface area (Å²) in [6, 6.07) is 10.9. The van der Waals surface area contributed by atoms with E-state index in [0.717, 1.165) is 18.7 Å². The fourth-order valence-electron chi connectivity index (χ4n) is 5.44. The molecule has 1 saturated heterocycles. The van der Waals surface area contributed by atoms with Crippen LogP contribution in [0.3, 0.4) is 0 Å². The number of methoxy groups -OCH3 is 2. The second kappa shape index (κ2) is 11.3. The van der Waals surface area contributed by atoms with Crippen LogP contribution in [0.2, 0.25) is 0 Å². The van der Waals surface area contributed by atoms with Gasteiger partial charge in [-0.1, -0.05) is 17.4 Å². The number of hydrogen-bond acceptors (Lipinski definition) is 8. The smallest absolute Gasteiger partial charge is 0.338 e. The van der Waals surface area contributed by atoms with Crippen LogP contribution in [0.15, 0.2) is 57.5 Å². The molecule has 210 valence electrons. The minimum Gasteiger partial charge on any atom is -0.497 e. The van der Waals surface area contributed by atoms with E-state index in [0.29, 0.717) is 37.7 Å². The number of nitrogens with zero attached hydrogens (tertiary/aromatic N) is 3. The molecular weight excluding hydrogens is 526 g/mol. The zero-order valence-corrected chi connectivity index (χ0v) is 24.6. The monoisotopic (exact) mass is 561 g/mol. The van der Waals surface area contributed by atoms with E-state index in [4.69, 9.17) is 19.2 Å². The number of aromatic nitrogens is 1. The third-order valence-electron chi connectivity index (χ3n) is 7.28. The second-order valence-corrected chi connectivity index (χ2v) is 11.4. The third-order valence-corrected chi connectivity index (χ3v) is 8.26. The van der Waals surface area contributed by atoms with Crippen LogP contribution in [-0.4, -0.2) is 43.9 Å². The molecule has 1 atom stereocenters. The summed E-state index contributed by atoms with van der Waals surface area (Å²) >= 11 is 1.30.